The zero-order valence-electron chi connectivity index (χ0n) is 8.27. The highest BCUT2D eigenvalue weighted by Crippen LogP contribution is 2.32. The Morgan fingerprint density at radius 3 is 2.50 bits per heavy atom. The predicted octanol–water partition coefficient (Wildman–Crippen LogP) is 0.564. The van der Waals surface area contributed by atoms with Crippen molar-refractivity contribution in [2.24, 2.45) is 5.18 Å². The molecule has 0 saturated carbocycles. The van der Waals surface area contributed by atoms with Gasteiger partial charge in [0.2, 0.25) is 5.95 Å². The van der Waals surface area contributed by atoms with Crippen molar-refractivity contribution in [2.75, 3.05) is 37.1 Å². The van der Waals surface area contributed by atoms with Crippen LogP contribution in [0.2, 0.25) is 0 Å². The highest BCUT2D eigenvalue weighted by molar-refractivity contribution is 5.75. The number of hydrogen-bond acceptors (Lipinski definition) is 7. The fourth-order valence-corrected chi connectivity index (χ4v) is 1.03. The molecular formula is C7H12N6O. The fraction of sp³-hybridized carbons (Fsp3) is 0.429. The molecule has 0 aliphatic carbocycles. The molecule has 0 bridgehead atoms. The van der Waals surface area contributed by atoms with E-state index < -0.39 is 0 Å². The molecule has 3 N–H and O–H groups in total. The Bertz CT molecular complexity index is 350. The topological polar surface area (TPSA) is 96.5 Å². The zero-order chi connectivity index (χ0) is 10.7. The quantitative estimate of drug-likeness (QED) is 0.686. The molecule has 14 heavy (non-hydrogen) atoms. The van der Waals surface area contributed by atoms with Crippen molar-refractivity contribution in [1.29, 1.82) is 0 Å². The Labute approximate surface area is 81.3 Å². The minimum atomic E-state index is 0.102. The smallest absolute Gasteiger partial charge is 0.224 e. The molecule has 0 aromatic carbocycles. The summed E-state index contributed by atoms with van der Waals surface area (Å²) in [6.45, 7) is 0. The van der Waals surface area contributed by atoms with Crippen LogP contribution in [-0.2, 0) is 0 Å². The molecule has 1 aromatic rings. The molecule has 0 aliphatic rings. The van der Waals surface area contributed by atoms with Gasteiger partial charge in [-0.15, -0.1) is 4.91 Å². The first kappa shape index (κ1) is 10.2. The lowest BCUT2D eigenvalue weighted by molar-refractivity contribution is 1.04. The van der Waals surface area contributed by atoms with Gasteiger partial charge in [-0.3, -0.25) is 0 Å². The van der Waals surface area contributed by atoms with Crippen LogP contribution in [0.5, 0.6) is 0 Å². The molecule has 0 aliphatic heterocycles. The Hall–Kier alpha value is -1.92. The van der Waals surface area contributed by atoms with E-state index in [1.165, 1.54) is 0 Å². The Morgan fingerprint density at radius 2 is 2.07 bits per heavy atom. The van der Waals surface area contributed by atoms with Crippen molar-refractivity contribution in [3.8, 4) is 0 Å². The van der Waals surface area contributed by atoms with E-state index in [1.807, 2.05) is 0 Å². The van der Waals surface area contributed by atoms with E-state index in [4.69, 9.17) is 5.73 Å². The highest BCUT2D eigenvalue weighted by atomic mass is 16.3. The van der Waals surface area contributed by atoms with Crippen molar-refractivity contribution in [1.82, 2.24) is 9.97 Å². The third kappa shape index (κ3) is 1.70. The molecule has 7 nitrogen and oxygen atoms in total. The van der Waals surface area contributed by atoms with Gasteiger partial charge in [0.05, 0.1) is 0 Å². The van der Waals surface area contributed by atoms with Crippen molar-refractivity contribution in [3.63, 3.8) is 0 Å². The molecule has 7 heteroatoms. The lowest BCUT2D eigenvalue weighted by Crippen LogP contribution is -2.13. The van der Waals surface area contributed by atoms with E-state index in [-0.39, 0.29) is 11.6 Å². The highest BCUT2D eigenvalue weighted by Gasteiger charge is 2.14. The molecule has 0 spiro atoms. The van der Waals surface area contributed by atoms with Gasteiger partial charge in [0, 0.05) is 21.1 Å². The maximum absolute atomic E-state index is 10.6. The first-order valence-electron chi connectivity index (χ1n) is 3.96. The summed E-state index contributed by atoms with van der Waals surface area (Å²) in [5.74, 6) is 0.832. The number of nitrogens with two attached hydrogens (primary N) is 1. The second kappa shape index (κ2) is 3.86. The van der Waals surface area contributed by atoms with Gasteiger partial charge in [0.15, 0.2) is 17.3 Å². The van der Waals surface area contributed by atoms with Crippen LogP contribution in [0.3, 0.4) is 0 Å². The van der Waals surface area contributed by atoms with Crippen LogP contribution in [-0.4, -0.2) is 31.1 Å². The lowest BCUT2D eigenvalue weighted by Gasteiger charge is -2.14. The molecule has 0 saturated heterocycles. The van der Waals surface area contributed by atoms with E-state index in [0.717, 1.165) is 0 Å². The average molecular weight is 196 g/mol. The molecule has 76 valence electrons. The SMILES string of the molecule is CNc1nc(N)nc(N(C)C)c1N=O. The van der Waals surface area contributed by atoms with E-state index in [0.29, 0.717) is 11.6 Å². The zero-order valence-corrected chi connectivity index (χ0v) is 8.27. The molecule has 0 atom stereocenters. The number of nitrogens with zero attached hydrogens (tertiary/aromatic N) is 4. The summed E-state index contributed by atoms with van der Waals surface area (Å²) in [4.78, 5) is 20.0. The van der Waals surface area contributed by atoms with Gasteiger partial charge in [-0.1, -0.05) is 0 Å². The molecule has 0 unspecified atom stereocenters. The predicted molar refractivity (Wildman–Crippen MR) is 55.8 cm³/mol. The number of nitroso groups, excluding NO2 is 1. The van der Waals surface area contributed by atoms with E-state index >= 15 is 0 Å². The molecule has 1 aromatic heterocycles. The number of nitrogen functional groups attached to an aromatic ring is 1. The minimum Gasteiger partial charge on any atom is -0.371 e. The lowest BCUT2D eigenvalue weighted by atomic mass is 10.4. The van der Waals surface area contributed by atoms with Crippen molar-refractivity contribution < 1.29 is 0 Å². The third-order valence-corrected chi connectivity index (χ3v) is 1.63. The van der Waals surface area contributed by atoms with Gasteiger partial charge in [0.25, 0.3) is 0 Å². The first-order chi connectivity index (χ1) is 6.60. The Kier molecular flexibility index (Phi) is 2.80. The summed E-state index contributed by atoms with van der Waals surface area (Å²) in [6.07, 6.45) is 0. The second-order valence-electron chi connectivity index (χ2n) is 2.84. The number of aromatic nitrogens is 2. The van der Waals surface area contributed by atoms with E-state index in [2.05, 4.69) is 20.5 Å². The van der Waals surface area contributed by atoms with Crippen LogP contribution < -0.4 is 16.0 Å². The summed E-state index contributed by atoms with van der Waals surface area (Å²) >= 11 is 0. The molecule has 1 rings (SSSR count). The number of rotatable bonds is 3. The van der Waals surface area contributed by atoms with Gasteiger partial charge in [0.1, 0.15) is 0 Å². The molecule has 1 heterocycles. The van der Waals surface area contributed by atoms with Gasteiger partial charge in [-0.05, 0) is 5.18 Å². The molecule has 0 radical (unpaired) electrons. The standard InChI is InChI=1S/C7H12N6O/c1-9-5-4(12-14)6(13(2)3)11-7(8)10-5/h1-3H3,(H3,8,9,10,11). The maximum Gasteiger partial charge on any atom is 0.224 e. The molecule has 0 fully saturated rings. The second-order valence-corrected chi connectivity index (χ2v) is 2.84. The van der Waals surface area contributed by atoms with Crippen LogP contribution in [0.25, 0.3) is 0 Å². The Balaban J connectivity index is 3.39. The number of anilines is 3. The maximum atomic E-state index is 10.6. The largest absolute Gasteiger partial charge is 0.371 e. The molecular weight excluding hydrogens is 184 g/mol. The van der Waals surface area contributed by atoms with Gasteiger partial charge >= 0.3 is 0 Å². The monoisotopic (exact) mass is 196 g/mol. The van der Waals surface area contributed by atoms with Crippen molar-refractivity contribution >= 4 is 23.3 Å². The van der Waals surface area contributed by atoms with Crippen LogP contribution in [0.15, 0.2) is 5.18 Å². The van der Waals surface area contributed by atoms with Crippen LogP contribution in [0, 0.1) is 4.91 Å². The normalized spacial score (nSPS) is 9.64. The van der Waals surface area contributed by atoms with Crippen molar-refractivity contribution in [2.45, 2.75) is 0 Å². The summed E-state index contributed by atoms with van der Waals surface area (Å²) in [5, 5.41) is 5.60. The Morgan fingerprint density at radius 1 is 1.43 bits per heavy atom. The molecule has 0 amide bonds. The van der Waals surface area contributed by atoms with Crippen molar-refractivity contribution in [3.05, 3.63) is 4.91 Å². The first-order valence-corrected chi connectivity index (χ1v) is 3.96. The third-order valence-electron chi connectivity index (χ3n) is 1.63. The van der Waals surface area contributed by atoms with Crippen LogP contribution in [0.1, 0.15) is 0 Å². The van der Waals surface area contributed by atoms with E-state index in [1.54, 1.807) is 26.0 Å². The summed E-state index contributed by atoms with van der Waals surface area (Å²) in [6, 6.07) is 0. The van der Waals surface area contributed by atoms with E-state index in [9.17, 15) is 4.91 Å². The average Bonchev–Trinajstić information content (AvgIpc) is 2.16. The number of nitrogens with one attached hydrogen (secondary N) is 1. The van der Waals surface area contributed by atoms with Crippen LogP contribution >= 0.6 is 0 Å². The fourth-order valence-electron chi connectivity index (χ4n) is 1.03. The minimum absolute atomic E-state index is 0.102. The summed E-state index contributed by atoms with van der Waals surface area (Å²) in [5.41, 5.74) is 5.62. The van der Waals surface area contributed by atoms with Gasteiger partial charge in [-0.2, -0.15) is 9.97 Å². The van der Waals surface area contributed by atoms with Crippen LogP contribution in [0.4, 0.5) is 23.3 Å². The number of hydrogen-bond donors (Lipinski definition) is 2. The van der Waals surface area contributed by atoms with Gasteiger partial charge in [-0.25, -0.2) is 0 Å². The van der Waals surface area contributed by atoms with Gasteiger partial charge < -0.3 is 16.0 Å². The summed E-state index contributed by atoms with van der Waals surface area (Å²) in [7, 11) is 5.13. The summed E-state index contributed by atoms with van der Waals surface area (Å²) < 4.78 is 0.